The number of nitrogens with two attached hydrogens (primary N) is 1. The molecule has 148 valence electrons. The van der Waals surface area contributed by atoms with E-state index in [0.29, 0.717) is 18.9 Å². The zero-order chi connectivity index (χ0) is 16.8. The third kappa shape index (κ3) is 6.04. The molecule has 1 saturated heterocycles. The number of nitrogens with one attached hydrogen (secondary N) is 1. The fourth-order valence-electron chi connectivity index (χ4n) is 4.29. The minimum absolute atomic E-state index is 0. The van der Waals surface area contributed by atoms with Gasteiger partial charge in [0.15, 0.2) is 0 Å². The van der Waals surface area contributed by atoms with E-state index in [-0.39, 0.29) is 36.1 Å². The van der Waals surface area contributed by atoms with Crippen LogP contribution in [0, 0.1) is 11.3 Å². The van der Waals surface area contributed by atoms with Crippen molar-refractivity contribution in [2.45, 2.75) is 44.9 Å². The number of benzene rings is 1. The highest BCUT2D eigenvalue weighted by Crippen LogP contribution is 2.38. The van der Waals surface area contributed by atoms with Gasteiger partial charge in [0.2, 0.25) is 5.91 Å². The molecular formula is C20H33Cl2N3O. The maximum absolute atomic E-state index is 12.4. The van der Waals surface area contributed by atoms with Gasteiger partial charge in [-0.05, 0) is 49.3 Å². The number of para-hydroxylation sites is 1. The first-order chi connectivity index (χ1) is 11.7. The lowest BCUT2D eigenvalue weighted by atomic mass is 9.71. The van der Waals surface area contributed by atoms with Crippen LogP contribution < -0.4 is 16.0 Å². The summed E-state index contributed by atoms with van der Waals surface area (Å²) < 4.78 is 0. The molecule has 1 heterocycles. The van der Waals surface area contributed by atoms with E-state index in [2.05, 4.69) is 40.5 Å². The Morgan fingerprint density at radius 3 is 2.50 bits per heavy atom. The number of carbonyl (C=O) groups excluding carboxylic acids is 1. The highest BCUT2D eigenvalue weighted by Gasteiger charge is 2.33. The SMILES string of the molecule is Cl.Cl.NCC1(CC(=O)NCC2CCN(c3ccccc3)C2)CCCCC1. The zero-order valence-electron chi connectivity index (χ0n) is 15.5. The predicted octanol–water partition coefficient (Wildman–Crippen LogP) is 3.77. The topological polar surface area (TPSA) is 58.4 Å². The molecule has 3 rings (SSSR count). The molecule has 2 aliphatic rings. The first-order valence-corrected chi connectivity index (χ1v) is 9.48. The van der Waals surface area contributed by atoms with Crippen LogP contribution in [0.25, 0.3) is 0 Å². The normalized spacial score (nSPS) is 21.4. The number of hydrogen-bond donors (Lipinski definition) is 2. The first-order valence-electron chi connectivity index (χ1n) is 9.48. The first kappa shape index (κ1) is 23.1. The maximum Gasteiger partial charge on any atom is 0.220 e. The van der Waals surface area contributed by atoms with Gasteiger partial charge < -0.3 is 16.0 Å². The van der Waals surface area contributed by atoms with Crippen LogP contribution in [-0.2, 0) is 4.79 Å². The molecule has 26 heavy (non-hydrogen) atoms. The Bertz CT molecular complexity index is 535. The second kappa shape index (κ2) is 11.0. The molecule has 1 unspecified atom stereocenters. The summed E-state index contributed by atoms with van der Waals surface area (Å²) in [6.45, 7) is 3.55. The lowest BCUT2D eigenvalue weighted by molar-refractivity contribution is -0.124. The van der Waals surface area contributed by atoms with Crippen molar-refractivity contribution in [3.05, 3.63) is 30.3 Å². The van der Waals surface area contributed by atoms with Crippen LogP contribution in [0.1, 0.15) is 44.9 Å². The van der Waals surface area contributed by atoms with Crippen molar-refractivity contribution in [3.63, 3.8) is 0 Å². The molecule has 2 fully saturated rings. The smallest absolute Gasteiger partial charge is 0.220 e. The number of amides is 1. The van der Waals surface area contributed by atoms with Crippen molar-refractivity contribution in [2.75, 3.05) is 31.1 Å². The molecule has 1 amide bonds. The van der Waals surface area contributed by atoms with Gasteiger partial charge in [-0.15, -0.1) is 24.8 Å². The van der Waals surface area contributed by atoms with Crippen molar-refractivity contribution in [1.82, 2.24) is 5.32 Å². The largest absolute Gasteiger partial charge is 0.371 e. The third-order valence-corrected chi connectivity index (χ3v) is 5.88. The number of anilines is 1. The summed E-state index contributed by atoms with van der Waals surface area (Å²) in [5.41, 5.74) is 7.35. The number of rotatable bonds is 6. The van der Waals surface area contributed by atoms with Crippen molar-refractivity contribution < 1.29 is 4.79 Å². The van der Waals surface area contributed by atoms with Gasteiger partial charge >= 0.3 is 0 Å². The van der Waals surface area contributed by atoms with E-state index >= 15 is 0 Å². The summed E-state index contributed by atoms with van der Waals surface area (Å²) >= 11 is 0. The molecular weight excluding hydrogens is 369 g/mol. The second-order valence-electron chi connectivity index (χ2n) is 7.68. The van der Waals surface area contributed by atoms with Crippen LogP contribution in [0.15, 0.2) is 30.3 Å². The second-order valence-corrected chi connectivity index (χ2v) is 7.68. The molecule has 1 aliphatic heterocycles. The van der Waals surface area contributed by atoms with Crippen LogP contribution in [0.2, 0.25) is 0 Å². The van der Waals surface area contributed by atoms with E-state index in [9.17, 15) is 4.79 Å². The minimum atomic E-state index is 0. The number of nitrogens with zero attached hydrogens (tertiary/aromatic N) is 1. The van der Waals surface area contributed by atoms with Crippen molar-refractivity contribution in [3.8, 4) is 0 Å². The number of carbonyl (C=O) groups is 1. The summed E-state index contributed by atoms with van der Waals surface area (Å²) in [5, 5.41) is 3.18. The van der Waals surface area contributed by atoms with Crippen LogP contribution in [0.4, 0.5) is 5.69 Å². The van der Waals surface area contributed by atoms with Gasteiger partial charge in [-0.25, -0.2) is 0 Å². The van der Waals surface area contributed by atoms with Gasteiger partial charge in [-0.2, -0.15) is 0 Å². The molecule has 6 heteroatoms. The van der Waals surface area contributed by atoms with Crippen molar-refractivity contribution in [2.24, 2.45) is 17.1 Å². The Morgan fingerprint density at radius 2 is 1.85 bits per heavy atom. The van der Waals surface area contributed by atoms with Gasteiger partial charge in [0.1, 0.15) is 0 Å². The molecule has 0 radical (unpaired) electrons. The van der Waals surface area contributed by atoms with Gasteiger partial charge in [-0.3, -0.25) is 4.79 Å². The fourth-order valence-corrected chi connectivity index (χ4v) is 4.29. The molecule has 1 saturated carbocycles. The molecule has 1 aromatic carbocycles. The minimum Gasteiger partial charge on any atom is -0.371 e. The molecule has 1 aliphatic carbocycles. The lowest BCUT2D eigenvalue weighted by Gasteiger charge is -2.35. The summed E-state index contributed by atoms with van der Waals surface area (Å²) in [5.74, 6) is 0.745. The Kier molecular flexibility index (Phi) is 9.77. The summed E-state index contributed by atoms with van der Waals surface area (Å²) in [4.78, 5) is 14.8. The maximum atomic E-state index is 12.4. The lowest BCUT2D eigenvalue weighted by Crippen LogP contribution is -2.40. The van der Waals surface area contributed by atoms with Crippen LogP contribution >= 0.6 is 24.8 Å². The molecule has 0 aromatic heterocycles. The summed E-state index contributed by atoms with van der Waals surface area (Å²) in [6, 6.07) is 10.5. The molecule has 4 nitrogen and oxygen atoms in total. The van der Waals surface area contributed by atoms with Crippen LogP contribution in [0.5, 0.6) is 0 Å². The Morgan fingerprint density at radius 1 is 1.15 bits per heavy atom. The van der Waals surface area contributed by atoms with Crippen LogP contribution in [-0.4, -0.2) is 32.1 Å². The monoisotopic (exact) mass is 401 g/mol. The van der Waals surface area contributed by atoms with Gasteiger partial charge in [0.25, 0.3) is 0 Å². The highest BCUT2D eigenvalue weighted by atomic mass is 35.5. The van der Waals surface area contributed by atoms with E-state index < -0.39 is 0 Å². The van der Waals surface area contributed by atoms with E-state index in [1.54, 1.807) is 0 Å². The average molecular weight is 402 g/mol. The van der Waals surface area contributed by atoms with Crippen molar-refractivity contribution >= 4 is 36.4 Å². The predicted molar refractivity (Wildman–Crippen MR) is 113 cm³/mol. The summed E-state index contributed by atoms with van der Waals surface area (Å²) in [6.07, 6.45) is 7.72. The Labute approximate surface area is 170 Å². The Balaban J connectivity index is 0.00000169. The van der Waals surface area contributed by atoms with E-state index in [1.807, 2.05) is 0 Å². The van der Waals surface area contributed by atoms with Gasteiger partial charge in [0, 0.05) is 31.7 Å². The highest BCUT2D eigenvalue weighted by molar-refractivity contribution is 5.85. The van der Waals surface area contributed by atoms with Crippen molar-refractivity contribution in [1.29, 1.82) is 0 Å². The van der Waals surface area contributed by atoms with Gasteiger partial charge in [-0.1, -0.05) is 37.5 Å². The number of halogens is 2. The average Bonchev–Trinajstić information content (AvgIpc) is 3.11. The molecule has 0 spiro atoms. The quantitative estimate of drug-likeness (QED) is 0.762. The van der Waals surface area contributed by atoms with E-state index in [4.69, 9.17) is 5.73 Å². The van der Waals surface area contributed by atoms with Gasteiger partial charge in [0.05, 0.1) is 0 Å². The zero-order valence-corrected chi connectivity index (χ0v) is 17.1. The standard InChI is InChI=1S/C20H31N3O.2ClH/c21-16-20(10-5-2-6-11-20)13-19(24)22-14-17-9-12-23(15-17)18-7-3-1-4-8-18;;/h1,3-4,7-8,17H,2,5-6,9-16,21H2,(H,22,24);2*1H. The molecule has 3 N–H and O–H groups in total. The third-order valence-electron chi connectivity index (χ3n) is 5.88. The van der Waals surface area contributed by atoms with E-state index in [1.165, 1.54) is 24.9 Å². The van der Waals surface area contributed by atoms with E-state index in [0.717, 1.165) is 38.9 Å². The Hall–Kier alpha value is -0.970. The molecule has 1 atom stereocenters. The van der Waals surface area contributed by atoms with Crippen LogP contribution in [0.3, 0.4) is 0 Å². The number of hydrogen-bond acceptors (Lipinski definition) is 3. The summed E-state index contributed by atoms with van der Waals surface area (Å²) in [7, 11) is 0. The molecule has 0 bridgehead atoms. The molecule has 1 aromatic rings. The fraction of sp³-hybridized carbons (Fsp3) is 0.650.